The molecule has 7 heteroatoms. The predicted octanol–water partition coefficient (Wildman–Crippen LogP) is 4.83. The molecule has 0 spiro atoms. The Hall–Kier alpha value is -2.83. The Morgan fingerprint density at radius 3 is 2.64 bits per heavy atom. The first-order valence-electron chi connectivity index (χ1n) is 12.4. The van der Waals surface area contributed by atoms with Gasteiger partial charge in [-0.3, -0.25) is 9.78 Å². The fraction of sp³-hybridized carbons (Fsp3) is 0.577. The number of carbonyl (C=O) groups excluding carboxylic acids is 1. The van der Waals surface area contributed by atoms with Crippen LogP contribution in [0.25, 0.3) is 0 Å². The van der Waals surface area contributed by atoms with Gasteiger partial charge in [0.1, 0.15) is 11.9 Å². The molecule has 2 heterocycles. The minimum absolute atomic E-state index is 0.0386. The Morgan fingerprint density at radius 1 is 1.12 bits per heavy atom. The van der Waals surface area contributed by atoms with E-state index in [1.165, 1.54) is 19.3 Å². The molecule has 3 aliphatic carbocycles. The zero-order valence-electron chi connectivity index (χ0n) is 19.5. The van der Waals surface area contributed by atoms with Crippen LogP contribution in [0.1, 0.15) is 58.3 Å². The molecule has 0 radical (unpaired) electrons. The number of benzene rings is 1. The van der Waals surface area contributed by atoms with Crippen molar-refractivity contribution in [2.45, 2.75) is 64.4 Å². The van der Waals surface area contributed by atoms with Crippen LogP contribution in [0.5, 0.6) is 11.5 Å². The molecule has 4 fully saturated rings. The number of amides is 1. The third kappa shape index (κ3) is 4.77. The Balaban J connectivity index is 1.24. The fourth-order valence-electron chi connectivity index (χ4n) is 5.65. The van der Waals surface area contributed by atoms with E-state index in [-0.39, 0.29) is 17.4 Å². The van der Waals surface area contributed by atoms with Crippen LogP contribution < -0.4 is 19.7 Å². The highest BCUT2D eigenvalue weighted by Crippen LogP contribution is 2.50. The third-order valence-corrected chi connectivity index (χ3v) is 7.58. The molecule has 1 amide bonds. The van der Waals surface area contributed by atoms with E-state index in [1.54, 1.807) is 12.4 Å². The molecule has 176 valence electrons. The number of anilines is 2. The quantitative estimate of drug-likeness (QED) is 0.651. The van der Waals surface area contributed by atoms with E-state index in [0.717, 1.165) is 68.4 Å². The second-order valence-electron chi connectivity index (χ2n) is 9.69. The summed E-state index contributed by atoms with van der Waals surface area (Å²) < 4.78 is 12.0. The highest BCUT2D eigenvalue weighted by Gasteiger charge is 2.45. The first kappa shape index (κ1) is 22.0. The minimum atomic E-state index is -0.204. The maximum atomic E-state index is 13.1. The van der Waals surface area contributed by atoms with E-state index >= 15 is 0 Å². The number of hydrogen-bond donors (Lipinski definition) is 1. The molecule has 1 aromatic heterocycles. The van der Waals surface area contributed by atoms with E-state index in [2.05, 4.69) is 15.2 Å². The zero-order valence-corrected chi connectivity index (χ0v) is 19.5. The molecule has 4 aliphatic rings. The number of aromatic nitrogens is 2. The highest BCUT2D eigenvalue weighted by atomic mass is 16.5. The van der Waals surface area contributed by atoms with Gasteiger partial charge in [-0.05, 0) is 76.3 Å². The van der Waals surface area contributed by atoms with Crippen molar-refractivity contribution in [1.29, 1.82) is 0 Å². The average Bonchev–Trinajstić information content (AvgIpc) is 2.87. The summed E-state index contributed by atoms with van der Waals surface area (Å²) in [6.07, 6.45) is 12.0. The molecule has 1 N–H and O–H groups in total. The molecule has 1 aromatic carbocycles. The molecular weight excluding hydrogens is 416 g/mol. The summed E-state index contributed by atoms with van der Waals surface area (Å²) in [5, 5.41) is 3.09. The summed E-state index contributed by atoms with van der Waals surface area (Å²) in [6.45, 7) is 4.19. The molecular formula is C26H34N4O3. The normalized spacial score (nSPS) is 26.6. The number of piperidine rings is 1. The number of carbonyl (C=O) groups is 1. The van der Waals surface area contributed by atoms with Gasteiger partial charge in [-0.2, -0.15) is 0 Å². The maximum absolute atomic E-state index is 13.1. The third-order valence-electron chi connectivity index (χ3n) is 7.58. The monoisotopic (exact) mass is 450 g/mol. The average molecular weight is 451 g/mol. The van der Waals surface area contributed by atoms with Crippen molar-refractivity contribution in [3.05, 3.63) is 36.7 Å². The summed E-state index contributed by atoms with van der Waals surface area (Å²) in [5.74, 6) is 3.84. The van der Waals surface area contributed by atoms with Crippen LogP contribution in [0.3, 0.4) is 0 Å². The molecule has 2 aromatic rings. The SMILES string of the molecule is CCOc1ccccc1O[C@@H]1CCCN(c2cncc(NC(=O)C34CCC(CC3)CC4)n2)C1. The van der Waals surface area contributed by atoms with E-state index in [4.69, 9.17) is 14.5 Å². The molecule has 7 nitrogen and oxygen atoms in total. The topological polar surface area (TPSA) is 76.6 Å². The lowest BCUT2D eigenvalue weighted by atomic mass is 9.60. The summed E-state index contributed by atoms with van der Waals surface area (Å²) >= 11 is 0. The zero-order chi connectivity index (χ0) is 22.7. The number of fused-ring (bicyclic) bond motifs is 3. The Labute approximate surface area is 195 Å². The van der Waals surface area contributed by atoms with Gasteiger partial charge in [0.15, 0.2) is 17.3 Å². The molecule has 1 aliphatic heterocycles. The van der Waals surface area contributed by atoms with E-state index < -0.39 is 0 Å². The lowest BCUT2D eigenvalue weighted by molar-refractivity contribution is -0.131. The molecule has 3 saturated carbocycles. The van der Waals surface area contributed by atoms with Crippen molar-refractivity contribution in [2.24, 2.45) is 11.3 Å². The smallest absolute Gasteiger partial charge is 0.231 e. The van der Waals surface area contributed by atoms with E-state index in [9.17, 15) is 4.79 Å². The Morgan fingerprint density at radius 2 is 1.88 bits per heavy atom. The number of nitrogens with one attached hydrogen (secondary N) is 1. The Bertz CT molecular complexity index is 960. The van der Waals surface area contributed by atoms with E-state index in [1.807, 2.05) is 31.2 Å². The number of rotatable bonds is 7. The van der Waals surface area contributed by atoms with Gasteiger partial charge in [0, 0.05) is 12.0 Å². The van der Waals surface area contributed by atoms with E-state index in [0.29, 0.717) is 12.4 Å². The summed E-state index contributed by atoms with van der Waals surface area (Å²) in [6, 6.07) is 7.82. The van der Waals surface area contributed by atoms with Crippen LogP contribution in [0.2, 0.25) is 0 Å². The summed E-state index contributed by atoms with van der Waals surface area (Å²) in [7, 11) is 0. The number of para-hydroxylation sites is 2. The first-order chi connectivity index (χ1) is 16.1. The number of hydrogen-bond acceptors (Lipinski definition) is 6. The van der Waals surface area contributed by atoms with Crippen molar-refractivity contribution in [3.8, 4) is 11.5 Å². The lowest BCUT2D eigenvalue weighted by Crippen LogP contribution is -2.44. The van der Waals surface area contributed by atoms with Gasteiger partial charge >= 0.3 is 0 Å². The van der Waals surface area contributed by atoms with Gasteiger partial charge in [-0.1, -0.05) is 12.1 Å². The van der Waals surface area contributed by atoms with Crippen LogP contribution in [0.4, 0.5) is 11.6 Å². The van der Waals surface area contributed by atoms with Crippen LogP contribution in [0.15, 0.2) is 36.7 Å². The van der Waals surface area contributed by atoms with Gasteiger partial charge in [-0.15, -0.1) is 0 Å². The predicted molar refractivity (Wildman–Crippen MR) is 128 cm³/mol. The standard InChI is InChI=1S/C26H34N4O3/c1-2-32-21-7-3-4-8-22(21)33-20-6-5-15-30(18-20)24-17-27-16-23(28-24)29-25(31)26-12-9-19(10-13-26)11-14-26/h3-4,7-8,16-17,19-20H,2,5-6,9-15,18H2,1H3,(H,28,29,31)/t19?,20-,26?/m1/s1. The fourth-order valence-corrected chi connectivity index (χ4v) is 5.65. The van der Waals surface area contributed by atoms with Gasteiger partial charge < -0.3 is 19.7 Å². The largest absolute Gasteiger partial charge is 0.490 e. The molecule has 1 saturated heterocycles. The molecule has 2 bridgehead atoms. The maximum Gasteiger partial charge on any atom is 0.231 e. The van der Waals surface area contributed by atoms with Crippen LogP contribution >= 0.6 is 0 Å². The van der Waals surface area contributed by atoms with Crippen LogP contribution in [-0.4, -0.2) is 41.7 Å². The minimum Gasteiger partial charge on any atom is -0.490 e. The van der Waals surface area contributed by atoms with Gasteiger partial charge in [0.05, 0.1) is 25.5 Å². The van der Waals surface area contributed by atoms with Gasteiger partial charge in [-0.25, -0.2) is 4.98 Å². The van der Waals surface area contributed by atoms with Crippen LogP contribution in [0, 0.1) is 11.3 Å². The van der Waals surface area contributed by atoms with Crippen LogP contribution in [-0.2, 0) is 4.79 Å². The highest BCUT2D eigenvalue weighted by molar-refractivity contribution is 5.94. The Kier molecular flexibility index (Phi) is 6.38. The van der Waals surface area contributed by atoms with Gasteiger partial charge in [0.2, 0.25) is 5.91 Å². The van der Waals surface area contributed by atoms with Crippen molar-refractivity contribution < 1.29 is 14.3 Å². The number of ether oxygens (including phenoxy) is 2. The molecule has 6 rings (SSSR count). The molecule has 1 atom stereocenters. The second-order valence-corrected chi connectivity index (χ2v) is 9.69. The van der Waals surface area contributed by atoms with Crippen molar-refractivity contribution >= 4 is 17.5 Å². The van der Waals surface area contributed by atoms with Crippen molar-refractivity contribution in [1.82, 2.24) is 9.97 Å². The summed E-state index contributed by atoms with van der Waals surface area (Å²) in [4.78, 5) is 24.5. The molecule has 33 heavy (non-hydrogen) atoms. The first-order valence-corrected chi connectivity index (χ1v) is 12.4. The van der Waals surface area contributed by atoms with Gasteiger partial charge in [0.25, 0.3) is 0 Å². The lowest BCUT2D eigenvalue weighted by Gasteiger charge is -2.45. The number of nitrogens with zero attached hydrogens (tertiary/aromatic N) is 3. The molecule has 0 unspecified atom stereocenters. The van der Waals surface area contributed by atoms with Crippen molar-refractivity contribution in [3.63, 3.8) is 0 Å². The second kappa shape index (κ2) is 9.57. The van der Waals surface area contributed by atoms with Crippen molar-refractivity contribution in [2.75, 3.05) is 29.9 Å². The summed E-state index contributed by atoms with van der Waals surface area (Å²) in [5.41, 5.74) is -0.204.